The van der Waals surface area contributed by atoms with Crippen molar-refractivity contribution < 1.29 is 19.5 Å². The van der Waals surface area contributed by atoms with Crippen LogP contribution in [0.4, 0.5) is 5.69 Å². The first kappa shape index (κ1) is 31.6. The van der Waals surface area contributed by atoms with Crippen LogP contribution in [0.5, 0.6) is 0 Å². The molecule has 7 nitrogen and oxygen atoms in total. The summed E-state index contributed by atoms with van der Waals surface area (Å²) in [4.78, 5) is 50.1. The molecule has 1 saturated carbocycles. The molecule has 0 radical (unpaired) electrons. The predicted octanol–water partition coefficient (Wildman–Crippen LogP) is 5.62. The lowest BCUT2D eigenvalue weighted by Gasteiger charge is -2.44. The zero-order chi connectivity index (χ0) is 31.7. The maximum absolute atomic E-state index is 15.1. The summed E-state index contributed by atoms with van der Waals surface area (Å²) in [5.41, 5.74) is 1.54. The number of thioether (sulfide) groups is 1. The summed E-state index contributed by atoms with van der Waals surface area (Å²) in [5, 5.41) is 10.8. The van der Waals surface area contributed by atoms with Crippen molar-refractivity contribution in [3.8, 4) is 0 Å². The maximum atomic E-state index is 15.1. The molecule has 3 unspecified atom stereocenters. The molecule has 7 atom stereocenters. The Labute approximate surface area is 271 Å². The number of amides is 3. The highest BCUT2D eigenvalue weighted by Crippen LogP contribution is 2.69. The van der Waals surface area contributed by atoms with Crippen molar-refractivity contribution in [2.24, 2.45) is 17.8 Å². The summed E-state index contributed by atoms with van der Waals surface area (Å²) in [6.45, 7) is 10.5. The van der Waals surface area contributed by atoms with Gasteiger partial charge in [0.25, 0.3) is 0 Å². The summed E-state index contributed by atoms with van der Waals surface area (Å²) in [7, 11) is 0. The van der Waals surface area contributed by atoms with E-state index in [0.717, 1.165) is 49.8 Å². The Kier molecular flexibility index (Phi) is 9.25. The maximum Gasteiger partial charge on any atom is 0.247 e. The van der Waals surface area contributed by atoms with Crippen LogP contribution in [0.15, 0.2) is 86.0 Å². The number of rotatable bonds is 11. The van der Waals surface area contributed by atoms with Gasteiger partial charge in [-0.25, -0.2) is 0 Å². The lowest BCUT2D eigenvalue weighted by molar-refractivity contribution is -0.147. The fourth-order valence-electron chi connectivity index (χ4n) is 8.73. The van der Waals surface area contributed by atoms with Gasteiger partial charge in [-0.05, 0) is 42.9 Å². The van der Waals surface area contributed by atoms with E-state index in [1.807, 2.05) is 65.6 Å². The summed E-state index contributed by atoms with van der Waals surface area (Å²) in [5.74, 6) is -1.62. The molecule has 3 heterocycles. The van der Waals surface area contributed by atoms with E-state index in [2.05, 4.69) is 20.1 Å². The molecule has 3 amide bonds. The van der Waals surface area contributed by atoms with Gasteiger partial charge < -0.3 is 19.8 Å². The molecule has 3 saturated heterocycles. The second-order valence-electron chi connectivity index (χ2n) is 13.1. The standard InChI is InChI=1S/C37H45N3O4S/c1-4-21-38(27-17-11-7-12-18-27)34(42)31-30-23-25(3)37(45-30)32(31)35(43)40(29(24-41)26-15-9-6-10-16-26)33(37)36(44)39(22-5-2)28-19-13-8-14-20-28/h4-7,9-12,15-18,25,28-33,41H,1-2,8,13-14,19-24H2,3H3/t25?,29-,30+,31-,32+,33?,37?/m1/s1. The monoisotopic (exact) mass is 627 g/mol. The summed E-state index contributed by atoms with van der Waals surface area (Å²) < 4.78 is -0.786. The smallest absolute Gasteiger partial charge is 0.247 e. The lowest BCUT2D eigenvalue weighted by atomic mass is 9.65. The number of anilines is 1. The fourth-order valence-corrected chi connectivity index (χ4v) is 11.1. The van der Waals surface area contributed by atoms with Crippen LogP contribution >= 0.6 is 11.8 Å². The second kappa shape index (κ2) is 13.2. The molecule has 4 aliphatic rings. The summed E-state index contributed by atoms with van der Waals surface area (Å²) in [6, 6.07) is 17.6. The third-order valence-electron chi connectivity index (χ3n) is 10.7. The molecule has 6 rings (SSSR count). The molecule has 2 bridgehead atoms. The number of hydrogen-bond acceptors (Lipinski definition) is 5. The molecular weight excluding hydrogens is 582 g/mol. The first-order chi connectivity index (χ1) is 21.9. The van der Waals surface area contributed by atoms with Gasteiger partial charge in [-0.1, -0.05) is 86.9 Å². The summed E-state index contributed by atoms with van der Waals surface area (Å²) >= 11 is 1.68. The van der Waals surface area contributed by atoms with Gasteiger partial charge >= 0.3 is 0 Å². The number of fused-ring (bicyclic) bond motifs is 1. The van der Waals surface area contributed by atoms with Gasteiger partial charge in [0.1, 0.15) is 6.04 Å². The van der Waals surface area contributed by atoms with Gasteiger partial charge in [0.05, 0.1) is 29.2 Å². The number of carbonyl (C=O) groups is 3. The average Bonchev–Trinajstić information content (AvgIpc) is 3.67. The zero-order valence-electron chi connectivity index (χ0n) is 26.2. The Morgan fingerprint density at radius 3 is 2.27 bits per heavy atom. The van der Waals surface area contributed by atoms with E-state index in [1.54, 1.807) is 33.7 Å². The van der Waals surface area contributed by atoms with Gasteiger partial charge in [-0.3, -0.25) is 14.4 Å². The third-order valence-corrected chi connectivity index (χ3v) is 12.7. The van der Waals surface area contributed by atoms with E-state index in [1.165, 1.54) is 0 Å². The normalized spacial score (nSPS) is 29.7. The first-order valence-electron chi connectivity index (χ1n) is 16.4. The molecule has 1 aliphatic carbocycles. The molecule has 4 fully saturated rings. The van der Waals surface area contributed by atoms with Crippen LogP contribution in [-0.4, -0.2) is 74.4 Å². The van der Waals surface area contributed by atoms with E-state index in [-0.39, 0.29) is 41.5 Å². The van der Waals surface area contributed by atoms with Gasteiger partial charge in [-0.15, -0.1) is 24.9 Å². The number of benzene rings is 2. The number of hydrogen-bond donors (Lipinski definition) is 1. The van der Waals surface area contributed by atoms with Gasteiger partial charge in [0.15, 0.2) is 0 Å². The number of likely N-dealkylation sites (tertiary alicyclic amines) is 1. The lowest BCUT2D eigenvalue weighted by Crippen LogP contribution is -2.59. The van der Waals surface area contributed by atoms with Gasteiger partial charge in [0, 0.05) is 30.1 Å². The van der Waals surface area contributed by atoms with Crippen LogP contribution in [0.25, 0.3) is 0 Å². The van der Waals surface area contributed by atoms with Crippen molar-refractivity contribution in [2.45, 2.75) is 73.6 Å². The molecule has 1 spiro atoms. The van der Waals surface area contributed by atoms with Crippen LogP contribution in [0, 0.1) is 17.8 Å². The van der Waals surface area contributed by atoms with Crippen LogP contribution in [0.2, 0.25) is 0 Å². The minimum absolute atomic E-state index is 0.0288. The van der Waals surface area contributed by atoms with E-state index in [4.69, 9.17) is 0 Å². The van der Waals surface area contributed by atoms with Crippen LogP contribution in [-0.2, 0) is 14.4 Å². The second-order valence-corrected chi connectivity index (χ2v) is 14.6. The number of aliphatic hydroxyl groups is 1. The Hall–Kier alpha value is -3.36. The Morgan fingerprint density at radius 1 is 1.00 bits per heavy atom. The van der Waals surface area contributed by atoms with E-state index in [0.29, 0.717) is 13.1 Å². The van der Waals surface area contributed by atoms with Crippen LogP contribution < -0.4 is 4.90 Å². The van der Waals surface area contributed by atoms with Crippen molar-refractivity contribution in [1.29, 1.82) is 0 Å². The number of nitrogens with zero attached hydrogens (tertiary/aromatic N) is 3. The van der Waals surface area contributed by atoms with Crippen molar-refractivity contribution in [1.82, 2.24) is 9.80 Å². The highest BCUT2D eigenvalue weighted by atomic mass is 32.2. The Bertz CT molecular complexity index is 1410. The minimum Gasteiger partial charge on any atom is -0.394 e. The quantitative estimate of drug-likeness (QED) is 0.327. The molecular formula is C37H45N3O4S. The van der Waals surface area contributed by atoms with Crippen molar-refractivity contribution in [2.75, 3.05) is 24.6 Å². The molecule has 8 heteroatoms. The largest absolute Gasteiger partial charge is 0.394 e. The number of aliphatic hydroxyl groups excluding tert-OH is 1. The first-order valence-corrected chi connectivity index (χ1v) is 17.3. The van der Waals surface area contributed by atoms with E-state index >= 15 is 9.59 Å². The number of para-hydroxylation sites is 1. The fraction of sp³-hybridized carbons (Fsp3) is 0.486. The SMILES string of the molecule is C=CCN(C(=O)[C@@H]1[C@@H]2CC(C)C3(S2)C(C(=O)N(CC=C)C2CCCCC2)N([C@H](CO)c2ccccc2)C(=O)[C@H]13)c1ccccc1. The average molecular weight is 628 g/mol. The molecule has 1 N–H and O–H groups in total. The summed E-state index contributed by atoms with van der Waals surface area (Å²) in [6.07, 6.45) is 9.40. The molecule has 2 aromatic rings. The molecule has 45 heavy (non-hydrogen) atoms. The van der Waals surface area contributed by atoms with E-state index < -0.39 is 28.7 Å². The van der Waals surface area contributed by atoms with Gasteiger partial charge in [-0.2, -0.15) is 0 Å². The van der Waals surface area contributed by atoms with Gasteiger partial charge in [0.2, 0.25) is 17.7 Å². The number of carbonyl (C=O) groups excluding carboxylic acids is 3. The van der Waals surface area contributed by atoms with E-state index in [9.17, 15) is 9.90 Å². The molecule has 3 aliphatic heterocycles. The Morgan fingerprint density at radius 2 is 1.64 bits per heavy atom. The topological polar surface area (TPSA) is 81.2 Å². The van der Waals surface area contributed by atoms with Crippen LogP contribution in [0.3, 0.4) is 0 Å². The highest BCUT2D eigenvalue weighted by Gasteiger charge is 2.77. The van der Waals surface area contributed by atoms with Crippen molar-refractivity contribution >= 4 is 35.2 Å². The van der Waals surface area contributed by atoms with Crippen molar-refractivity contribution in [3.05, 3.63) is 91.5 Å². The predicted molar refractivity (Wildman–Crippen MR) is 180 cm³/mol. The van der Waals surface area contributed by atoms with Crippen LogP contribution in [0.1, 0.15) is 57.1 Å². The zero-order valence-corrected chi connectivity index (χ0v) is 27.0. The Balaban J connectivity index is 1.47. The minimum atomic E-state index is -0.804. The third kappa shape index (κ3) is 5.24. The molecule has 0 aromatic heterocycles. The van der Waals surface area contributed by atoms with Crippen molar-refractivity contribution in [3.63, 3.8) is 0 Å². The highest BCUT2D eigenvalue weighted by molar-refractivity contribution is 8.02. The molecule has 2 aromatic carbocycles. The molecule has 238 valence electrons.